The van der Waals surface area contributed by atoms with Gasteiger partial charge in [0.15, 0.2) is 5.76 Å². The topological polar surface area (TPSA) is 26.0 Å². The maximum absolute atomic E-state index is 5.56. The average Bonchev–Trinajstić information content (AvgIpc) is 2.81. The van der Waals surface area contributed by atoms with Gasteiger partial charge in [-0.1, -0.05) is 41.6 Å². The van der Waals surface area contributed by atoms with Crippen LogP contribution in [0.5, 0.6) is 0 Å². The van der Waals surface area contributed by atoms with Gasteiger partial charge >= 0.3 is 0 Å². The number of hydrogen-bond donors (Lipinski definition) is 1. The van der Waals surface area contributed by atoms with Crippen molar-refractivity contribution in [3.63, 3.8) is 0 Å². The Kier molecular flexibility index (Phi) is 3.36. The maximum atomic E-state index is 5.56. The summed E-state index contributed by atoms with van der Waals surface area (Å²) in [5.74, 6) is 0.777. The molecule has 0 N–H and O–H groups in total. The Morgan fingerprint density at radius 3 is 2.45 bits per heavy atom. The molecule has 100 valence electrons. The molecule has 0 spiro atoms. The van der Waals surface area contributed by atoms with E-state index in [0.717, 1.165) is 33.0 Å². The normalized spacial score (nSPS) is 10.8. The molecule has 3 aromatic rings. The Bertz CT molecular complexity index is 747. The van der Waals surface area contributed by atoms with Gasteiger partial charge in [-0.3, -0.25) is 0 Å². The largest absolute Gasteiger partial charge is 0.355 e. The summed E-state index contributed by atoms with van der Waals surface area (Å²) in [4.78, 5) is 0.901. The van der Waals surface area contributed by atoms with Crippen LogP contribution in [0.15, 0.2) is 57.9 Å². The molecule has 3 heteroatoms. The van der Waals surface area contributed by atoms with Crippen LogP contribution in [0.4, 0.5) is 0 Å². The minimum absolute atomic E-state index is 0.777. The van der Waals surface area contributed by atoms with Crippen LogP contribution in [0.2, 0.25) is 0 Å². The van der Waals surface area contributed by atoms with Gasteiger partial charge in [0.25, 0.3) is 0 Å². The average molecular weight is 281 g/mol. The lowest BCUT2D eigenvalue weighted by molar-refractivity contribution is 0.426. The van der Waals surface area contributed by atoms with E-state index in [0.29, 0.717) is 0 Å². The van der Waals surface area contributed by atoms with E-state index in [2.05, 4.69) is 36.0 Å². The highest BCUT2D eigenvalue weighted by molar-refractivity contribution is 7.80. The molecule has 0 bridgehead atoms. The van der Waals surface area contributed by atoms with Crippen molar-refractivity contribution in [2.45, 2.75) is 18.7 Å². The van der Waals surface area contributed by atoms with Crippen LogP contribution in [0, 0.1) is 13.8 Å². The predicted octanol–water partition coefficient (Wildman–Crippen LogP) is 4.91. The summed E-state index contributed by atoms with van der Waals surface area (Å²) in [6.45, 7) is 4.01. The molecule has 0 aliphatic carbocycles. The number of aromatic nitrogens is 1. The van der Waals surface area contributed by atoms with Crippen molar-refractivity contribution in [3.8, 4) is 22.5 Å². The highest BCUT2D eigenvalue weighted by atomic mass is 32.1. The summed E-state index contributed by atoms with van der Waals surface area (Å²) >= 11 is 4.56. The number of hydrogen-bond acceptors (Lipinski definition) is 3. The Labute approximate surface area is 123 Å². The molecule has 1 aromatic heterocycles. The Morgan fingerprint density at radius 1 is 1.00 bits per heavy atom. The first-order valence-electron chi connectivity index (χ1n) is 6.48. The molecule has 0 atom stereocenters. The van der Waals surface area contributed by atoms with Gasteiger partial charge in [-0.05, 0) is 37.1 Å². The number of thiol groups is 1. The van der Waals surface area contributed by atoms with Crippen LogP contribution in [0.3, 0.4) is 0 Å². The molecular weight excluding hydrogens is 266 g/mol. The second-order valence-electron chi connectivity index (χ2n) is 4.86. The fraction of sp³-hybridized carbons (Fsp3) is 0.118. The molecule has 1 heterocycles. The summed E-state index contributed by atoms with van der Waals surface area (Å²) in [6.07, 6.45) is 0. The van der Waals surface area contributed by atoms with Crippen molar-refractivity contribution in [2.75, 3.05) is 0 Å². The third-order valence-electron chi connectivity index (χ3n) is 3.32. The Morgan fingerprint density at radius 2 is 1.75 bits per heavy atom. The van der Waals surface area contributed by atoms with Crippen LogP contribution in [0.1, 0.15) is 11.3 Å². The van der Waals surface area contributed by atoms with Crippen molar-refractivity contribution >= 4 is 12.6 Å². The van der Waals surface area contributed by atoms with Gasteiger partial charge in [-0.25, -0.2) is 0 Å². The van der Waals surface area contributed by atoms with Gasteiger partial charge in [0.1, 0.15) is 0 Å². The molecule has 0 unspecified atom stereocenters. The van der Waals surface area contributed by atoms with E-state index in [-0.39, 0.29) is 0 Å². The van der Waals surface area contributed by atoms with Gasteiger partial charge < -0.3 is 4.52 Å². The van der Waals surface area contributed by atoms with E-state index >= 15 is 0 Å². The molecule has 0 saturated carbocycles. The summed E-state index contributed by atoms with van der Waals surface area (Å²) in [7, 11) is 0. The predicted molar refractivity (Wildman–Crippen MR) is 84.1 cm³/mol. The Balaban J connectivity index is 2.21. The van der Waals surface area contributed by atoms with Crippen LogP contribution in [-0.2, 0) is 0 Å². The van der Waals surface area contributed by atoms with Gasteiger partial charge in [-0.15, -0.1) is 12.6 Å². The zero-order chi connectivity index (χ0) is 14.1. The highest BCUT2D eigenvalue weighted by Gasteiger charge is 2.18. The van der Waals surface area contributed by atoms with E-state index in [4.69, 9.17) is 4.52 Å². The minimum Gasteiger partial charge on any atom is -0.355 e. The van der Waals surface area contributed by atoms with E-state index in [1.54, 1.807) is 0 Å². The number of nitrogens with zero attached hydrogens (tertiary/aromatic N) is 1. The first-order valence-corrected chi connectivity index (χ1v) is 6.93. The minimum atomic E-state index is 0.777. The van der Waals surface area contributed by atoms with Crippen molar-refractivity contribution in [2.24, 2.45) is 0 Å². The zero-order valence-electron chi connectivity index (χ0n) is 11.4. The SMILES string of the molecule is Cc1ccc(-c2onc(C)c2-c2ccccc2)c(S)c1. The van der Waals surface area contributed by atoms with Gasteiger partial charge in [0, 0.05) is 10.5 Å². The molecule has 0 aliphatic rings. The van der Waals surface area contributed by atoms with Crippen LogP contribution in [-0.4, -0.2) is 5.16 Å². The molecule has 0 aliphatic heterocycles. The van der Waals surface area contributed by atoms with Crippen LogP contribution in [0.25, 0.3) is 22.5 Å². The summed E-state index contributed by atoms with van der Waals surface area (Å²) in [5.41, 5.74) is 5.17. The van der Waals surface area contributed by atoms with Crippen LogP contribution < -0.4 is 0 Å². The summed E-state index contributed by atoms with van der Waals surface area (Å²) < 4.78 is 5.56. The fourth-order valence-corrected chi connectivity index (χ4v) is 2.71. The van der Waals surface area contributed by atoms with Gasteiger partial charge in [0.2, 0.25) is 0 Å². The highest BCUT2D eigenvalue weighted by Crippen LogP contribution is 2.37. The molecule has 0 fully saturated rings. The third-order valence-corrected chi connectivity index (χ3v) is 3.69. The molecule has 20 heavy (non-hydrogen) atoms. The first-order chi connectivity index (χ1) is 9.66. The van der Waals surface area contributed by atoms with E-state index in [1.165, 1.54) is 5.56 Å². The smallest absolute Gasteiger partial charge is 0.176 e. The lowest BCUT2D eigenvalue weighted by Gasteiger charge is -2.06. The Hall–Kier alpha value is -2.00. The second kappa shape index (κ2) is 5.17. The first kappa shape index (κ1) is 13.0. The lowest BCUT2D eigenvalue weighted by atomic mass is 9.99. The standard InChI is InChI=1S/C17H15NOS/c1-11-8-9-14(15(20)10-11)17-16(12(2)18-19-17)13-6-4-3-5-7-13/h3-10,20H,1-2H3. The second-order valence-corrected chi connectivity index (χ2v) is 5.34. The van der Waals surface area contributed by atoms with Gasteiger partial charge in [-0.2, -0.15) is 0 Å². The van der Waals surface area contributed by atoms with Crippen molar-refractivity contribution in [3.05, 3.63) is 59.8 Å². The molecule has 2 aromatic carbocycles. The number of aryl methyl sites for hydroxylation is 2. The van der Waals surface area contributed by atoms with E-state index < -0.39 is 0 Å². The monoisotopic (exact) mass is 281 g/mol. The number of benzene rings is 2. The van der Waals surface area contributed by atoms with Crippen molar-refractivity contribution < 1.29 is 4.52 Å². The summed E-state index contributed by atoms with van der Waals surface area (Å²) in [5, 5.41) is 4.12. The molecule has 3 rings (SSSR count). The molecule has 2 nitrogen and oxygen atoms in total. The van der Waals surface area contributed by atoms with Crippen LogP contribution >= 0.6 is 12.6 Å². The molecular formula is C17H15NOS. The third kappa shape index (κ3) is 2.25. The van der Waals surface area contributed by atoms with Gasteiger partial charge in [0.05, 0.1) is 11.3 Å². The molecule has 0 saturated heterocycles. The van der Waals surface area contributed by atoms with E-state index in [9.17, 15) is 0 Å². The van der Waals surface area contributed by atoms with Crippen molar-refractivity contribution in [1.82, 2.24) is 5.16 Å². The number of rotatable bonds is 2. The lowest BCUT2D eigenvalue weighted by Crippen LogP contribution is -1.85. The van der Waals surface area contributed by atoms with E-state index in [1.807, 2.05) is 44.2 Å². The summed E-state index contributed by atoms with van der Waals surface area (Å²) in [6, 6.07) is 16.3. The fourth-order valence-electron chi connectivity index (χ4n) is 2.33. The quantitative estimate of drug-likeness (QED) is 0.675. The molecule has 0 radical (unpaired) electrons. The zero-order valence-corrected chi connectivity index (χ0v) is 12.3. The van der Waals surface area contributed by atoms with Crippen molar-refractivity contribution in [1.29, 1.82) is 0 Å². The maximum Gasteiger partial charge on any atom is 0.176 e. The molecule has 0 amide bonds.